The van der Waals surface area contributed by atoms with Crippen LogP contribution >= 0.6 is 0 Å². The summed E-state index contributed by atoms with van der Waals surface area (Å²) in [6, 6.07) is 3.57. The Morgan fingerprint density at radius 2 is 2.00 bits per heavy atom. The fourth-order valence-corrected chi connectivity index (χ4v) is 4.46. The van der Waals surface area contributed by atoms with E-state index < -0.39 is 30.4 Å². The van der Waals surface area contributed by atoms with Crippen LogP contribution in [0.15, 0.2) is 12.1 Å². The van der Waals surface area contributed by atoms with Gasteiger partial charge in [-0.25, -0.2) is 23.2 Å². The number of hydrogen-bond acceptors (Lipinski definition) is 7. The van der Waals surface area contributed by atoms with E-state index in [4.69, 9.17) is 14.5 Å². The largest absolute Gasteiger partial charge is 0.488 e. The van der Waals surface area contributed by atoms with Crippen molar-refractivity contribution in [1.82, 2.24) is 24.9 Å². The summed E-state index contributed by atoms with van der Waals surface area (Å²) >= 11 is 0. The average Bonchev–Trinajstić information content (AvgIpc) is 3.59. The first-order valence-corrected chi connectivity index (χ1v) is 12.1. The van der Waals surface area contributed by atoms with E-state index in [1.54, 1.807) is 13.1 Å². The van der Waals surface area contributed by atoms with Crippen LogP contribution in [0, 0.1) is 5.92 Å². The molecule has 0 aliphatic heterocycles. The van der Waals surface area contributed by atoms with Crippen LogP contribution in [0.4, 0.5) is 13.6 Å². The van der Waals surface area contributed by atoms with Gasteiger partial charge < -0.3 is 19.5 Å². The smallest absolute Gasteiger partial charge is 0.410 e. The number of rotatable bonds is 9. The predicted molar refractivity (Wildman–Crippen MR) is 124 cm³/mol. The number of carbonyl (C=O) groups excluding carboxylic acids is 1. The third kappa shape index (κ3) is 6.27. The van der Waals surface area contributed by atoms with Crippen molar-refractivity contribution in [3.8, 4) is 17.1 Å². The monoisotopic (exact) mass is 507 g/mol. The summed E-state index contributed by atoms with van der Waals surface area (Å²) in [5.74, 6) is -3.32. The molecule has 2 aromatic heterocycles. The topological polar surface area (TPSA) is 120 Å². The molecular formula is C24H31F2N5O5. The Balaban J connectivity index is 1.50. The van der Waals surface area contributed by atoms with Gasteiger partial charge in [0.1, 0.15) is 23.7 Å². The molecule has 0 spiro atoms. The van der Waals surface area contributed by atoms with Gasteiger partial charge in [0.05, 0.1) is 30.0 Å². The van der Waals surface area contributed by atoms with Crippen molar-refractivity contribution < 1.29 is 33.0 Å². The number of nitrogens with zero attached hydrogens (tertiary/aromatic N) is 5. The highest BCUT2D eigenvalue weighted by atomic mass is 19.3. The third-order valence-corrected chi connectivity index (χ3v) is 6.46. The number of amides is 1. The number of carboxylic acids is 1. The van der Waals surface area contributed by atoms with Crippen LogP contribution in [-0.4, -0.2) is 67.7 Å². The van der Waals surface area contributed by atoms with Gasteiger partial charge in [0.25, 0.3) is 5.92 Å². The molecule has 2 saturated carbocycles. The van der Waals surface area contributed by atoms with E-state index in [0.29, 0.717) is 35.7 Å². The fraction of sp³-hybridized carbons (Fsp3) is 0.625. The molecular weight excluding hydrogens is 476 g/mol. The van der Waals surface area contributed by atoms with Gasteiger partial charge in [-0.05, 0) is 50.7 Å². The van der Waals surface area contributed by atoms with Gasteiger partial charge in [-0.2, -0.15) is 0 Å². The molecule has 12 heteroatoms. The standard InChI is InChI=1S/C24H31F2N5O5/c1-24(25,26)13-30(2)23(34)35-12-18-21(28-29-31(18)3)17-9-10-19(20(27-17)14-7-8-14)36-16-6-4-5-15(11-16)22(32)33/h9-10,14-16H,4-8,11-13H2,1-3H3,(H,32,33)/t15-,16-/m0/s1. The molecule has 1 N–H and O–H groups in total. The van der Waals surface area contributed by atoms with E-state index in [1.165, 1.54) is 11.7 Å². The minimum Gasteiger partial charge on any atom is -0.488 e. The lowest BCUT2D eigenvalue weighted by molar-refractivity contribution is -0.143. The van der Waals surface area contributed by atoms with E-state index in [0.717, 1.165) is 43.2 Å². The number of hydrogen-bond donors (Lipinski definition) is 1. The van der Waals surface area contributed by atoms with Gasteiger partial charge in [-0.3, -0.25) is 4.79 Å². The summed E-state index contributed by atoms with van der Waals surface area (Å²) in [4.78, 5) is 29.2. The van der Waals surface area contributed by atoms with E-state index >= 15 is 0 Å². The Hall–Kier alpha value is -3.31. The zero-order valence-electron chi connectivity index (χ0n) is 20.6. The zero-order valence-corrected chi connectivity index (χ0v) is 20.6. The molecule has 36 heavy (non-hydrogen) atoms. The molecule has 2 atom stereocenters. The van der Waals surface area contributed by atoms with E-state index in [-0.39, 0.29) is 18.6 Å². The maximum Gasteiger partial charge on any atom is 0.410 e. The van der Waals surface area contributed by atoms with Crippen LogP contribution in [0.5, 0.6) is 5.75 Å². The van der Waals surface area contributed by atoms with Crippen LogP contribution in [-0.2, 0) is 23.2 Å². The average molecular weight is 508 g/mol. The molecule has 0 aromatic carbocycles. The van der Waals surface area contributed by atoms with Crippen LogP contribution in [0.25, 0.3) is 11.4 Å². The Morgan fingerprint density at radius 1 is 1.25 bits per heavy atom. The lowest BCUT2D eigenvalue weighted by Crippen LogP contribution is -2.36. The Morgan fingerprint density at radius 3 is 2.67 bits per heavy atom. The number of carboxylic acid groups (broad SMARTS) is 1. The summed E-state index contributed by atoms with van der Waals surface area (Å²) in [5.41, 5.74) is 2.22. The van der Waals surface area contributed by atoms with Crippen LogP contribution in [0.3, 0.4) is 0 Å². The molecule has 4 rings (SSSR count). The maximum absolute atomic E-state index is 13.2. The van der Waals surface area contributed by atoms with Crippen molar-refractivity contribution in [3.05, 3.63) is 23.5 Å². The number of alkyl halides is 2. The van der Waals surface area contributed by atoms with Gasteiger partial charge >= 0.3 is 12.1 Å². The van der Waals surface area contributed by atoms with Crippen molar-refractivity contribution in [3.63, 3.8) is 0 Å². The van der Waals surface area contributed by atoms with Crippen molar-refractivity contribution >= 4 is 12.1 Å². The van der Waals surface area contributed by atoms with Crippen molar-refractivity contribution in [2.45, 2.75) is 70.0 Å². The summed E-state index contributed by atoms with van der Waals surface area (Å²) in [6.45, 7) is -0.242. The Bertz CT molecular complexity index is 1110. The molecule has 2 aromatic rings. The molecule has 2 aliphatic carbocycles. The molecule has 2 aliphatic rings. The first-order valence-electron chi connectivity index (χ1n) is 12.1. The van der Waals surface area contributed by atoms with Gasteiger partial charge in [0, 0.05) is 26.9 Å². The molecule has 0 bridgehead atoms. The second-order valence-corrected chi connectivity index (χ2v) is 9.78. The van der Waals surface area contributed by atoms with Crippen molar-refractivity contribution in [2.75, 3.05) is 13.6 Å². The van der Waals surface area contributed by atoms with Gasteiger partial charge in [-0.15, -0.1) is 5.10 Å². The summed E-state index contributed by atoms with van der Waals surface area (Å²) < 4.78 is 39.4. The number of aryl methyl sites for hydroxylation is 1. The van der Waals surface area contributed by atoms with Crippen molar-refractivity contribution in [1.29, 1.82) is 0 Å². The van der Waals surface area contributed by atoms with Crippen LogP contribution in [0.1, 0.15) is 62.8 Å². The molecule has 0 unspecified atom stereocenters. The highest BCUT2D eigenvalue weighted by Gasteiger charge is 2.33. The van der Waals surface area contributed by atoms with Gasteiger partial charge in [0.2, 0.25) is 0 Å². The molecule has 1 amide bonds. The van der Waals surface area contributed by atoms with Crippen LogP contribution < -0.4 is 4.74 Å². The zero-order chi connectivity index (χ0) is 26.0. The Labute approximate surface area is 207 Å². The van der Waals surface area contributed by atoms with Crippen molar-refractivity contribution in [2.24, 2.45) is 13.0 Å². The molecule has 10 nitrogen and oxygen atoms in total. The van der Waals surface area contributed by atoms with E-state index in [1.807, 2.05) is 6.07 Å². The number of aromatic nitrogens is 4. The molecule has 196 valence electrons. The van der Waals surface area contributed by atoms with E-state index in [2.05, 4.69) is 10.3 Å². The van der Waals surface area contributed by atoms with Gasteiger partial charge in [-0.1, -0.05) is 5.21 Å². The normalized spacial score (nSPS) is 20.1. The predicted octanol–water partition coefficient (Wildman–Crippen LogP) is 4.00. The minimum atomic E-state index is -3.04. The quantitative estimate of drug-likeness (QED) is 0.541. The number of pyridine rings is 1. The lowest BCUT2D eigenvalue weighted by Gasteiger charge is -2.28. The second kappa shape index (κ2) is 10.4. The first kappa shape index (κ1) is 25.8. The molecule has 2 fully saturated rings. The number of aliphatic carboxylic acids is 1. The number of ether oxygens (including phenoxy) is 2. The lowest BCUT2D eigenvalue weighted by atomic mass is 9.87. The second-order valence-electron chi connectivity index (χ2n) is 9.78. The minimum absolute atomic E-state index is 0.177. The van der Waals surface area contributed by atoms with Crippen LogP contribution in [0.2, 0.25) is 0 Å². The summed E-state index contributed by atoms with van der Waals surface area (Å²) in [7, 11) is 2.89. The summed E-state index contributed by atoms with van der Waals surface area (Å²) in [6.07, 6.45) is 3.64. The SMILES string of the molecule is CN(CC(C)(F)F)C(=O)OCc1c(-c2ccc(O[C@H]3CCC[C@H](C(=O)O)C3)c(C3CC3)n2)nnn1C. The molecule has 0 radical (unpaired) electrons. The Kier molecular flexibility index (Phi) is 7.41. The highest BCUT2D eigenvalue weighted by molar-refractivity contribution is 5.70. The first-order chi connectivity index (χ1) is 17.0. The molecule has 0 saturated heterocycles. The number of carbonyl (C=O) groups is 2. The molecule has 2 heterocycles. The number of halogens is 2. The summed E-state index contributed by atoms with van der Waals surface area (Å²) in [5, 5.41) is 17.6. The van der Waals surface area contributed by atoms with Gasteiger partial charge in [0.15, 0.2) is 0 Å². The van der Waals surface area contributed by atoms with E-state index in [9.17, 15) is 23.5 Å². The third-order valence-electron chi connectivity index (χ3n) is 6.46. The maximum atomic E-state index is 13.2. The highest BCUT2D eigenvalue weighted by Crippen LogP contribution is 2.44. The fourth-order valence-electron chi connectivity index (χ4n) is 4.46.